The van der Waals surface area contributed by atoms with E-state index in [1.165, 1.54) is 29.0 Å². The molecule has 3 heteroatoms. The lowest BCUT2D eigenvalue weighted by Crippen LogP contribution is -2.54. The van der Waals surface area contributed by atoms with Crippen molar-refractivity contribution < 1.29 is 0 Å². The van der Waals surface area contributed by atoms with Gasteiger partial charge in [-0.05, 0) is 74.9 Å². The zero-order valence-corrected chi connectivity index (χ0v) is 16.9. The molecule has 3 N–H and O–H groups in total. The van der Waals surface area contributed by atoms with Crippen molar-refractivity contribution in [3.05, 3.63) is 46.8 Å². The van der Waals surface area contributed by atoms with Crippen molar-refractivity contribution in [2.75, 3.05) is 0 Å². The minimum absolute atomic E-state index is 0.282. The second-order valence-electron chi connectivity index (χ2n) is 8.22. The van der Waals surface area contributed by atoms with Crippen LogP contribution in [-0.4, -0.2) is 16.3 Å². The fourth-order valence-corrected chi connectivity index (χ4v) is 5.03. The number of nitrogens with one attached hydrogen (secondary N) is 1. The summed E-state index contributed by atoms with van der Waals surface area (Å²) in [5.74, 6) is 1.31. The van der Waals surface area contributed by atoms with Crippen LogP contribution in [0.3, 0.4) is 0 Å². The minimum atomic E-state index is -0.452. The maximum Gasteiger partial charge on any atom is 0.117 e. The van der Waals surface area contributed by atoms with Gasteiger partial charge in [0.05, 0.1) is 5.54 Å². The van der Waals surface area contributed by atoms with Gasteiger partial charge in [0.1, 0.15) is 5.84 Å². The first kappa shape index (κ1) is 19.0. The molecule has 0 saturated carbocycles. The van der Waals surface area contributed by atoms with E-state index in [1.807, 2.05) is 0 Å². The Morgan fingerprint density at radius 3 is 2.46 bits per heavy atom. The lowest BCUT2D eigenvalue weighted by Gasteiger charge is -2.45. The van der Waals surface area contributed by atoms with Gasteiger partial charge in [-0.1, -0.05) is 45.1 Å². The normalized spacial score (nSPS) is 28.2. The summed E-state index contributed by atoms with van der Waals surface area (Å²) in [4.78, 5) is 2.51. The first-order chi connectivity index (χ1) is 12.5. The Balaban J connectivity index is 2.30. The Morgan fingerprint density at radius 2 is 1.81 bits per heavy atom. The van der Waals surface area contributed by atoms with E-state index in [2.05, 4.69) is 56.9 Å². The molecule has 0 amide bonds. The van der Waals surface area contributed by atoms with Crippen LogP contribution in [-0.2, 0) is 0 Å². The van der Waals surface area contributed by atoms with Crippen molar-refractivity contribution in [3.8, 4) is 0 Å². The number of hydrogen-bond acceptors (Lipinski definition) is 2. The molecule has 1 heterocycles. The molecule has 0 radical (unpaired) electrons. The van der Waals surface area contributed by atoms with Gasteiger partial charge in [-0.15, -0.1) is 0 Å². The van der Waals surface area contributed by atoms with E-state index in [-0.39, 0.29) is 5.84 Å². The topological polar surface area (TPSA) is 53.1 Å². The van der Waals surface area contributed by atoms with Crippen LogP contribution in [0.5, 0.6) is 0 Å². The van der Waals surface area contributed by atoms with Gasteiger partial charge in [-0.3, -0.25) is 5.41 Å². The molecule has 3 atom stereocenters. The Hall–Kier alpha value is -1.77. The summed E-state index contributed by atoms with van der Waals surface area (Å²) in [6.07, 6.45) is 16.9. The molecular formula is C23H35N3. The third kappa shape index (κ3) is 2.95. The third-order valence-corrected chi connectivity index (χ3v) is 6.83. The summed E-state index contributed by atoms with van der Waals surface area (Å²) in [6, 6.07) is 0. The average Bonchev–Trinajstić information content (AvgIpc) is 2.93. The molecule has 3 rings (SSSR count). The van der Waals surface area contributed by atoms with Gasteiger partial charge in [-0.25, -0.2) is 0 Å². The van der Waals surface area contributed by atoms with Gasteiger partial charge >= 0.3 is 0 Å². The number of nitrogens with zero attached hydrogens (tertiary/aromatic N) is 1. The van der Waals surface area contributed by atoms with E-state index in [4.69, 9.17) is 11.1 Å². The highest BCUT2D eigenvalue weighted by molar-refractivity contribution is 5.87. The molecule has 0 aromatic heterocycles. The SMILES string of the molecule is CCC1C2=C(CCC=C2)N(C(C)(CC)C(=N)N)C2=C(C=CCCC2)C1C. The average molecular weight is 354 g/mol. The summed E-state index contributed by atoms with van der Waals surface area (Å²) in [6.45, 7) is 9.04. The number of hydrogen-bond donors (Lipinski definition) is 2. The zero-order valence-electron chi connectivity index (χ0n) is 16.9. The second kappa shape index (κ2) is 7.46. The molecule has 0 spiro atoms. The summed E-state index contributed by atoms with van der Waals surface area (Å²) < 4.78 is 0. The molecule has 3 aliphatic rings. The fourth-order valence-electron chi connectivity index (χ4n) is 5.03. The maximum atomic E-state index is 8.42. The van der Waals surface area contributed by atoms with Crippen LogP contribution in [0.1, 0.15) is 72.6 Å². The molecule has 0 aromatic carbocycles. The second-order valence-corrected chi connectivity index (χ2v) is 8.22. The van der Waals surface area contributed by atoms with E-state index in [9.17, 15) is 0 Å². The minimum Gasteiger partial charge on any atom is -0.386 e. The van der Waals surface area contributed by atoms with Crippen LogP contribution in [0.15, 0.2) is 46.8 Å². The van der Waals surface area contributed by atoms with E-state index in [0.717, 1.165) is 38.5 Å². The molecular weight excluding hydrogens is 318 g/mol. The van der Waals surface area contributed by atoms with Gasteiger partial charge in [0, 0.05) is 11.4 Å². The van der Waals surface area contributed by atoms with Crippen molar-refractivity contribution >= 4 is 5.84 Å². The van der Waals surface area contributed by atoms with E-state index in [0.29, 0.717) is 11.8 Å². The highest BCUT2D eigenvalue weighted by Gasteiger charge is 2.42. The standard InChI is InChI=1S/C23H35N3/c1-5-17-16(3)18-12-8-7-9-14-20(18)26(23(4,6-2)22(24)25)21-15-11-10-13-19(17)21/h8,10,12-13,16-17H,5-7,9,11,14-15H2,1-4H3,(H3,24,25). The Labute approximate surface area is 159 Å². The number of nitrogens with two attached hydrogens (primary N) is 1. The highest BCUT2D eigenvalue weighted by Crippen LogP contribution is 2.47. The van der Waals surface area contributed by atoms with Crippen LogP contribution in [0, 0.1) is 17.2 Å². The lowest BCUT2D eigenvalue weighted by atomic mass is 9.78. The van der Waals surface area contributed by atoms with Crippen LogP contribution in [0.4, 0.5) is 0 Å². The zero-order chi connectivity index (χ0) is 18.9. The molecule has 26 heavy (non-hydrogen) atoms. The van der Waals surface area contributed by atoms with Gasteiger partial charge in [0.15, 0.2) is 0 Å². The predicted octanol–water partition coefficient (Wildman–Crippen LogP) is 5.67. The number of rotatable bonds is 4. The molecule has 0 fully saturated rings. The molecule has 142 valence electrons. The predicted molar refractivity (Wildman–Crippen MR) is 111 cm³/mol. The summed E-state index contributed by atoms with van der Waals surface area (Å²) in [5.41, 5.74) is 11.6. The van der Waals surface area contributed by atoms with Gasteiger partial charge in [-0.2, -0.15) is 0 Å². The fraction of sp³-hybridized carbons (Fsp3) is 0.609. The monoisotopic (exact) mass is 353 g/mol. The molecule has 0 bridgehead atoms. The Morgan fingerprint density at radius 1 is 1.15 bits per heavy atom. The van der Waals surface area contributed by atoms with Crippen molar-refractivity contribution in [2.45, 2.75) is 78.2 Å². The summed E-state index contributed by atoms with van der Waals surface area (Å²) in [5, 5.41) is 8.42. The molecule has 0 aromatic rings. The van der Waals surface area contributed by atoms with Gasteiger partial charge in [0.25, 0.3) is 0 Å². The number of allylic oxidation sites excluding steroid dienone is 8. The van der Waals surface area contributed by atoms with Crippen LogP contribution in [0.25, 0.3) is 0 Å². The van der Waals surface area contributed by atoms with E-state index in [1.54, 1.807) is 0 Å². The Kier molecular flexibility index (Phi) is 5.45. The molecule has 1 aliphatic heterocycles. The molecule has 2 aliphatic carbocycles. The summed E-state index contributed by atoms with van der Waals surface area (Å²) in [7, 11) is 0. The third-order valence-electron chi connectivity index (χ3n) is 6.83. The molecule has 3 nitrogen and oxygen atoms in total. The molecule has 0 saturated heterocycles. The van der Waals surface area contributed by atoms with E-state index < -0.39 is 5.54 Å². The quantitative estimate of drug-likeness (QED) is 0.505. The Bertz CT molecular complexity index is 694. The van der Waals surface area contributed by atoms with Gasteiger partial charge < -0.3 is 10.6 Å². The van der Waals surface area contributed by atoms with Crippen LogP contribution < -0.4 is 5.73 Å². The van der Waals surface area contributed by atoms with Gasteiger partial charge in [0.2, 0.25) is 0 Å². The van der Waals surface area contributed by atoms with Crippen LogP contribution in [0.2, 0.25) is 0 Å². The lowest BCUT2D eigenvalue weighted by molar-refractivity contribution is 0.239. The maximum absolute atomic E-state index is 8.42. The first-order valence-electron chi connectivity index (χ1n) is 10.4. The van der Waals surface area contributed by atoms with E-state index >= 15 is 0 Å². The first-order valence-corrected chi connectivity index (χ1v) is 10.4. The highest BCUT2D eigenvalue weighted by atomic mass is 15.2. The van der Waals surface area contributed by atoms with Crippen molar-refractivity contribution in [2.24, 2.45) is 17.6 Å². The van der Waals surface area contributed by atoms with Crippen molar-refractivity contribution in [1.82, 2.24) is 4.90 Å². The van der Waals surface area contributed by atoms with Crippen molar-refractivity contribution in [1.29, 1.82) is 5.41 Å². The summed E-state index contributed by atoms with van der Waals surface area (Å²) >= 11 is 0. The van der Waals surface area contributed by atoms with Crippen molar-refractivity contribution in [3.63, 3.8) is 0 Å². The largest absolute Gasteiger partial charge is 0.386 e. The smallest absolute Gasteiger partial charge is 0.117 e. The van der Waals surface area contributed by atoms with Crippen LogP contribution >= 0.6 is 0 Å². The molecule has 3 unspecified atom stereocenters. The number of amidine groups is 1.